The van der Waals surface area contributed by atoms with Crippen LogP contribution in [0.25, 0.3) is 0 Å². The first-order valence-electron chi connectivity index (χ1n) is 7.80. The van der Waals surface area contributed by atoms with Gasteiger partial charge in [0.25, 0.3) is 0 Å². The van der Waals surface area contributed by atoms with Crippen LogP contribution in [0.15, 0.2) is 30.9 Å². The number of fused-ring (bicyclic) bond motifs is 1. The minimum atomic E-state index is -0.489. The van der Waals surface area contributed by atoms with Gasteiger partial charge in [-0.15, -0.1) is 6.58 Å². The van der Waals surface area contributed by atoms with Gasteiger partial charge in [-0.3, -0.25) is 5.32 Å². The first kappa shape index (κ1) is 16.6. The Morgan fingerprint density at radius 2 is 2.18 bits per heavy atom. The van der Waals surface area contributed by atoms with E-state index in [2.05, 4.69) is 30.2 Å². The van der Waals surface area contributed by atoms with E-state index in [1.165, 1.54) is 11.1 Å². The van der Waals surface area contributed by atoms with Crippen molar-refractivity contribution < 1.29 is 9.53 Å². The SMILES string of the molecule is C=CC(C)NC1CCc2cc(NC(=O)OC(C)(C)C)ccc21. The molecule has 0 aromatic heterocycles. The van der Waals surface area contributed by atoms with Gasteiger partial charge in [-0.2, -0.15) is 0 Å². The monoisotopic (exact) mass is 302 g/mol. The molecule has 1 amide bonds. The number of hydrogen-bond donors (Lipinski definition) is 2. The van der Waals surface area contributed by atoms with Gasteiger partial charge < -0.3 is 10.1 Å². The fraction of sp³-hybridized carbons (Fsp3) is 0.500. The fourth-order valence-corrected chi connectivity index (χ4v) is 2.68. The number of carbonyl (C=O) groups excluding carboxylic acids is 1. The predicted molar refractivity (Wildman–Crippen MR) is 90.2 cm³/mol. The summed E-state index contributed by atoms with van der Waals surface area (Å²) in [5.41, 5.74) is 2.88. The summed E-state index contributed by atoms with van der Waals surface area (Å²) in [6.07, 6.45) is 3.58. The van der Waals surface area contributed by atoms with E-state index in [9.17, 15) is 4.79 Å². The Kier molecular flexibility index (Phi) is 4.91. The Balaban J connectivity index is 2.04. The number of anilines is 1. The quantitative estimate of drug-likeness (QED) is 0.820. The smallest absolute Gasteiger partial charge is 0.412 e. The molecule has 1 aromatic carbocycles. The molecule has 0 saturated heterocycles. The summed E-state index contributed by atoms with van der Waals surface area (Å²) in [4.78, 5) is 11.8. The maximum absolute atomic E-state index is 11.8. The summed E-state index contributed by atoms with van der Waals surface area (Å²) in [5.74, 6) is 0. The van der Waals surface area contributed by atoms with Gasteiger partial charge in [0, 0.05) is 17.8 Å². The van der Waals surface area contributed by atoms with Crippen molar-refractivity contribution >= 4 is 11.8 Å². The zero-order chi connectivity index (χ0) is 16.3. The lowest BCUT2D eigenvalue weighted by atomic mass is 10.1. The third-order valence-corrected chi connectivity index (χ3v) is 3.68. The van der Waals surface area contributed by atoms with Gasteiger partial charge in [0.1, 0.15) is 5.60 Å². The third-order valence-electron chi connectivity index (χ3n) is 3.68. The first-order chi connectivity index (χ1) is 10.3. The van der Waals surface area contributed by atoms with Gasteiger partial charge in [-0.05, 0) is 63.8 Å². The second-order valence-electron chi connectivity index (χ2n) is 6.82. The fourth-order valence-electron chi connectivity index (χ4n) is 2.68. The summed E-state index contributed by atoms with van der Waals surface area (Å²) < 4.78 is 5.28. The lowest BCUT2D eigenvalue weighted by molar-refractivity contribution is 0.0636. The predicted octanol–water partition coefficient (Wildman–Crippen LogP) is 4.19. The molecule has 2 atom stereocenters. The molecule has 1 aliphatic carbocycles. The van der Waals surface area contributed by atoms with Gasteiger partial charge in [-0.1, -0.05) is 12.1 Å². The third kappa shape index (κ3) is 4.34. The second kappa shape index (κ2) is 6.53. The Morgan fingerprint density at radius 1 is 1.45 bits per heavy atom. The molecule has 4 heteroatoms. The van der Waals surface area contributed by atoms with Crippen LogP contribution in [-0.2, 0) is 11.2 Å². The summed E-state index contributed by atoms with van der Waals surface area (Å²) in [7, 11) is 0. The van der Waals surface area contributed by atoms with Crippen LogP contribution in [0.3, 0.4) is 0 Å². The number of nitrogens with one attached hydrogen (secondary N) is 2. The summed E-state index contributed by atoms with van der Waals surface area (Å²) in [5, 5.41) is 6.34. The molecule has 0 fully saturated rings. The molecule has 0 spiro atoms. The molecule has 0 heterocycles. The van der Waals surface area contributed by atoms with Crippen LogP contribution >= 0.6 is 0 Å². The average molecular weight is 302 g/mol. The molecular weight excluding hydrogens is 276 g/mol. The zero-order valence-corrected chi connectivity index (χ0v) is 13.9. The molecule has 1 aromatic rings. The molecule has 120 valence electrons. The van der Waals surface area contributed by atoms with Crippen LogP contribution < -0.4 is 10.6 Å². The van der Waals surface area contributed by atoms with Gasteiger partial charge >= 0.3 is 6.09 Å². The second-order valence-corrected chi connectivity index (χ2v) is 6.82. The van der Waals surface area contributed by atoms with Crippen molar-refractivity contribution in [3.63, 3.8) is 0 Å². The summed E-state index contributed by atoms with van der Waals surface area (Å²) in [6, 6.07) is 6.71. The molecule has 1 aliphatic rings. The Bertz CT molecular complexity index is 561. The van der Waals surface area contributed by atoms with Crippen LogP contribution in [0.5, 0.6) is 0 Å². The van der Waals surface area contributed by atoms with Crippen LogP contribution in [0.2, 0.25) is 0 Å². The largest absolute Gasteiger partial charge is 0.444 e. The van der Waals surface area contributed by atoms with Crippen molar-refractivity contribution in [2.75, 3.05) is 5.32 Å². The highest BCUT2D eigenvalue weighted by Crippen LogP contribution is 2.33. The van der Waals surface area contributed by atoms with Crippen molar-refractivity contribution in [2.24, 2.45) is 0 Å². The topological polar surface area (TPSA) is 50.4 Å². The standard InChI is InChI=1S/C18H26N2O2/c1-6-12(2)19-16-10-7-13-11-14(8-9-15(13)16)20-17(21)22-18(3,4)5/h6,8-9,11-12,16,19H,1,7,10H2,2-5H3,(H,20,21). The zero-order valence-electron chi connectivity index (χ0n) is 13.9. The van der Waals surface area contributed by atoms with E-state index >= 15 is 0 Å². The van der Waals surface area contributed by atoms with Crippen LogP contribution in [0.4, 0.5) is 10.5 Å². The Labute approximate surface area is 132 Å². The number of carbonyl (C=O) groups is 1. The molecule has 4 nitrogen and oxygen atoms in total. The van der Waals surface area contributed by atoms with Gasteiger partial charge in [0.05, 0.1) is 0 Å². The van der Waals surface area contributed by atoms with Crippen molar-refractivity contribution in [3.05, 3.63) is 42.0 Å². The molecule has 0 radical (unpaired) electrons. The minimum absolute atomic E-state index is 0.288. The van der Waals surface area contributed by atoms with Crippen LogP contribution in [-0.4, -0.2) is 17.7 Å². The molecule has 2 rings (SSSR count). The highest BCUT2D eigenvalue weighted by molar-refractivity contribution is 5.85. The Hall–Kier alpha value is -1.81. The molecule has 0 saturated carbocycles. The highest BCUT2D eigenvalue weighted by Gasteiger charge is 2.23. The number of benzene rings is 1. The number of rotatable bonds is 4. The maximum atomic E-state index is 11.8. The van der Waals surface area contributed by atoms with Crippen molar-refractivity contribution in [2.45, 2.75) is 58.2 Å². The van der Waals surface area contributed by atoms with Crippen molar-refractivity contribution in [1.29, 1.82) is 0 Å². The van der Waals surface area contributed by atoms with Gasteiger partial charge in [0.2, 0.25) is 0 Å². The van der Waals surface area contributed by atoms with E-state index < -0.39 is 11.7 Å². The number of aryl methyl sites for hydroxylation is 1. The van der Waals surface area contributed by atoms with E-state index in [0.717, 1.165) is 18.5 Å². The molecular formula is C18H26N2O2. The highest BCUT2D eigenvalue weighted by atomic mass is 16.6. The van der Waals surface area contributed by atoms with Crippen LogP contribution in [0.1, 0.15) is 51.3 Å². The van der Waals surface area contributed by atoms with E-state index in [1.807, 2.05) is 39.0 Å². The summed E-state index contributed by atoms with van der Waals surface area (Å²) in [6.45, 7) is 11.5. The number of amides is 1. The van der Waals surface area contributed by atoms with Gasteiger partial charge in [-0.25, -0.2) is 4.79 Å². The number of hydrogen-bond acceptors (Lipinski definition) is 3. The van der Waals surface area contributed by atoms with Crippen molar-refractivity contribution in [3.8, 4) is 0 Å². The molecule has 22 heavy (non-hydrogen) atoms. The lowest BCUT2D eigenvalue weighted by Gasteiger charge is -2.20. The van der Waals surface area contributed by atoms with Crippen LogP contribution in [0, 0.1) is 0 Å². The first-order valence-corrected chi connectivity index (χ1v) is 7.80. The average Bonchev–Trinajstić information content (AvgIpc) is 2.78. The van der Waals surface area contributed by atoms with E-state index in [1.54, 1.807) is 0 Å². The van der Waals surface area contributed by atoms with Gasteiger partial charge in [0.15, 0.2) is 0 Å². The molecule has 0 bridgehead atoms. The molecule has 2 N–H and O–H groups in total. The normalized spacial score (nSPS) is 18.5. The summed E-state index contributed by atoms with van der Waals surface area (Å²) >= 11 is 0. The van der Waals surface area contributed by atoms with E-state index in [-0.39, 0.29) is 6.04 Å². The molecule has 0 aliphatic heterocycles. The molecule has 2 unspecified atom stereocenters. The number of ether oxygens (including phenoxy) is 1. The van der Waals surface area contributed by atoms with Crippen molar-refractivity contribution in [1.82, 2.24) is 5.32 Å². The lowest BCUT2D eigenvalue weighted by Crippen LogP contribution is -2.27. The minimum Gasteiger partial charge on any atom is -0.444 e. The van der Waals surface area contributed by atoms with E-state index in [0.29, 0.717) is 6.04 Å². The van der Waals surface area contributed by atoms with E-state index in [4.69, 9.17) is 4.74 Å². The Morgan fingerprint density at radius 3 is 2.82 bits per heavy atom. The maximum Gasteiger partial charge on any atom is 0.412 e.